The van der Waals surface area contributed by atoms with E-state index in [1.807, 2.05) is 0 Å². The predicted molar refractivity (Wildman–Crippen MR) is 130 cm³/mol. The van der Waals surface area contributed by atoms with Gasteiger partial charge in [-0.1, -0.05) is 12.1 Å². The number of piperazine rings is 1. The molecule has 0 bridgehead atoms. The second-order valence-electron chi connectivity index (χ2n) is 8.14. The second-order valence-corrected chi connectivity index (χ2v) is 8.14. The van der Waals surface area contributed by atoms with Crippen molar-refractivity contribution in [1.29, 1.82) is 0 Å². The van der Waals surface area contributed by atoms with Gasteiger partial charge in [-0.05, 0) is 19.1 Å². The predicted octanol–water partition coefficient (Wildman–Crippen LogP) is 0.233. The van der Waals surface area contributed by atoms with E-state index in [9.17, 15) is 24.0 Å². The lowest BCUT2D eigenvalue weighted by atomic mass is 10.1. The summed E-state index contributed by atoms with van der Waals surface area (Å²) in [6, 6.07) is 7.19. The molecular formula is C24H29N5O8. The average molecular weight is 516 g/mol. The molecule has 2 aromatic rings. The highest BCUT2D eigenvalue weighted by atomic mass is 16.6. The number of rotatable bonds is 9. The van der Waals surface area contributed by atoms with E-state index in [1.54, 1.807) is 31.2 Å². The van der Waals surface area contributed by atoms with Gasteiger partial charge in [0.25, 0.3) is 5.91 Å². The number of para-hydroxylation sites is 1. The van der Waals surface area contributed by atoms with Crippen LogP contribution in [0.3, 0.4) is 0 Å². The lowest BCUT2D eigenvalue weighted by Crippen LogP contribution is -2.56. The summed E-state index contributed by atoms with van der Waals surface area (Å²) in [6.45, 7) is 2.08. The van der Waals surface area contributed by atoms with Gasteiger partial charge >= 0.3 is 12.1 Å². The third-order valence-electron chi connectivity index (χ3n) is 5.68. The number of carbonyl (C=O) groups excluding carboxylic acids is 4. The van der Waals surface area contributed by atoms with E-state index in [-0.39, 0.29) is 38.5 Å². The number of pyridine rings is 1. The molecule has 13 heteroatoms. The molecule has 0 spiro atoms. The first-order valence-corrected chi connectivity index (χ1v) is 11.7. The van der Waals surface area contributed by atoms with Crippen LogP contribution >= 0.6 is 0 Å². The molecule has 1 saturated heterocycles. The molecule has 1 aromatic carbocycles. The summed E-state index contributed by atoms with van der Waals surface area (Å²) in [7, 11) is 1.46. The van der Waals surface area contributed by atoms with Crippen LogP contribution in [0.5, 0.6) is 5.75 Å². The van der Waals surface area contributed by atoms with E-state index < -0.39 is 48.8 Å². The normalized spacial score (nSPS) is 14.0. The number of hydrogen-bond acceptors (Lipinski definition) is 8. The van der Waals surface area contributed by atoms with Crippen LogP contribution in [0.25, 0.3) is 10.9 Å². The van der Waals surface area contributed by atoms with E-state index in [2.05, 4.69) is 15.6 Å². The molecule has 3 N–H and O–H groups in total. The Morgan fingerprint density at radius 2 is 1.76 bits per heavy atom. The Balaban J connectivity index is 1.78. The first-order chi connectivity index (χ1) is 17.7. The number of hydrogen-bond donors (Lipinski definition) is 3. The first-order valence-electron chi connectivity index (χ1n) is 11.7. The highest BCUT2D eigenvalue weighted by Crippen LogP contribution is 2.25. The maximum atomic E-state index is 13.3. The minimum Gasteiger partial charge on any atom is -0.496 e. The van der Waals surface area contributed by atoms with Crippen molar-refractivity contribution in [2.75, 3.05) is 46.4 Å². The lowest BCUT2D eigenvalue weighted by molar-refractivity contribution is -0.139. The number of amides is 4. The van der Waals surface area contributed by atoms with Gasteiger partial charge in [0.1, 0.15) is 24.0 Å². The molecule has 0 aliphatic carbocycles. The first kappa shape index (κ1) is 27.2. The van der Waals surface area contributed by atoms with Crippen molar-refractivity contribution in [3.8, 4) is 5.75 Å². The molecule has 1 fully saturated rings. The summed E-state index contributed by atoms with van der Waals surface area (Å²) in [5, 5.41) is 14.3. The Hall–Kier alpha value is -4.42. The second kappa shape index (κ2) is 12.5. The van der Waals surface area contributed by atoms with E-state index in [4.69, 9.17) is 14.6 Å². The van der Waals surface area contributed by atoms with E-state index in [1.165, 1.54) is 23.0 Å². The number of ether oxygens (including phenoxy) is 2. The van der Waals surface area contributed by atoms with Gasteiger partial charge in [-0.2, -0.15) is 0 Å². The van der Waals surface area contributed by atoms with Gasteiger partial charge < -0.3 is 35.0 Å². The van der Waals surface area contributed by atoms with Crippen molar-refractivity contribution < 1.29 is 38.6 Å². The van der Waals surface area contributed by atoms with Crippen LogP contribution in [0.15, 0.2) is 30.3 Å². The van der Waals surface area contributed by atoms with Crippen molar-refractivity contribution in [3.05, 3.63) is 36.0 Å². The molecule has 1 atom stereocenters. The lowest BCUT2D eigenvalue weighted by Gasteiger charge is -2.35. The van der Waals surface area contributed by atoms with Crippen molar-refractivity contribution >= 4 is 40.7 Å². The van der Waals surface area contributed by atoms with Crippen LogP contribution in [-0.4, -0.2) is 102 Å². The summed E-state index contributed by atoms with van der Waals surface area (Å²) >= 11 is 0. The largest absolute Gasteiger partial charge is 0.496 e. The van der Waals surface area contributed by atoms with Gasteiger partial charge in [0.05, 0.1) is 25.7 Å². The number of aliphatic carboxylic acids is 1. The monoisotopic (exact) mass is 515 g/mol. The molecule has 0 saturated carbocycles. The SMILES string of the molecule is CCOC(=O)N1CCN(C(=O)C(CC(=O)NCC(=O)O)NC(=O)c2cc(OC)c3ccccc3n2)CC1. The van der Waals surface area contributed by atoms with Gasteiger partial charge in [-0.15, -0.1) is 0 Å². The van der Waals surface area contributed by atoms with Crippen molar-refractivity contribution in [3.63, 3.8) is 0 Å². The fourth-order valence-corrected chi connectivity index (χ4v) is 3.84. The number of carboxylic acid groups (broad SMARTS) is 1. The molecule has 4 amide bonds. The van der Waals surface area contributed by atoms with Crippen LogP contribution in [0.2, 0.25) is 0 Å². The zero-order chi connectivity index (χ0) is 26.9. The molecule has 37 heavy (non-hydrogen) atoms. The number of carbonyl (C=O) groups is 5. The highest BCUT2D eigenvalue weighted by Gasteiger charge is 2.32. The molecule has 198 valence electrons. The van der Waals surface area contributed by atoms with Gasteiger partial charge in [0, 0.05) is 37.6 Å². The third kappa shape index (κ3) is 7.06. The van der Waals surface area contributed by atoms with Gasteiger partial charge in [0.15, 0.2) is 0 Å². The molecule has 1 unspecified atom stereocenters. The minimum absolute atomic E-state index is 0.0218. The zero-order valence-electron chi connectivity index (χ0n) is 20.6. The third-order valence-corrected chi connectivity index (χ3v) is 5.68. The van der Waals surface area contributed by atoms with Gasteiger partial charge in [-0.25, -0.2) is 9.78 Å². The standard InChI is InChI=1S/C24H29N5O8/c1-3-37-24(35)29-10-8-28(9-11-29)23(34)18(13-20(30)25-14-21(31)32)27-22(33)17-12-19(36-2)15-6-4-5-7-16(15)26-17/h4-7,12,18H,3,8-11,13-14H2,1-2H3,(H,25,30)(H,27,33)(H,31,32). The van der Waals surface area contributed by atoms with Crippen molar-refractivity contribution in [2.24, 2.45) is 0 Å². The van der Waals surface area contributed by atoms with Crippen LogP contribution < -0.4 is 15.4 Å². The maximum absolute atomic E-state index is 13.3. The molecule has 1 aromatic heterocycles. The molecule has 1 aliphatic heterocycles. The summed E-state index contributed by atoms with van der Waals surface area (Å²) in [5.41, 5.74) is 0.482. The Labute approximate surface area is 212 Å². The van der Waals surface area contributed by atoms with Crippen molar-refractivity contribution in [1.82, 2.24) is 25.4 Å². The topological polar surface area (TPSA) is 167 Å². The van der Waals surface area contributed by atoms with Crippen LogP contribution in [0, 0.1) is 0 Å². The van der Waals surface area contributed by atoms with Gasteiger partial charge in [0.2, 0.25) is 11.8 Å². The molecule has 1 aliphatic rings. The summed E-state index contributed by atoms with van der Waals surface area (Å²) in [5.74, 6) is -2.82. The molecule has 3 rings (SSSR count). The van der Waals surface area contributed by atoms with E-state index in [0.717, 1.165) is 0 Å². The molecular weight excluding hydrogens is 486 g/mol. The maximum Gasteiger partial charge on any atom is 0.409 e. The Morgan fingerprint density at radius 1 is 1.08 bits per heavy atom. The number of methoxy groups -OCH3 is 1. The summed E-state index contributed by atoms with van der Waals surface area (Å²) in [6.07, 6.45) is -0.968. The fraction of sp³-hybridized carbons (Fsp3) is 0.417. The minimum atomic E-state index is -1.30. The Bertz CT molecular complexity index is 1180. The highest BCUT2D eigenvalue weighted by molar-refractivity contribution is 6.00. The summed E-state index contributed by atoms with van der Waals surface area (Å²) in [4.78, 5) is 68.8. The number of carboxylic acids is 1. The fourth-order valence-electron chi connectivity index (χ4n) is 3.84. The van der Waals surface area contributed by atoms with Crippen LogP contribution in [0.4, 0.5) is 4.79 Å². The molecule has 0 radical (unpaired) electrons. The molecule has 13 nitrogen and oxygen atoms in total. The number of fused-ring (bicyclic) bond motifs is 1. The van der Waals surface area contributed by atoms with Gasteiger partial charge in [-0.3, -0.25) is 19.2 Å². The molecule has 2 heterocycles. The number of benzene rings is 1. The average Bonchev–Trinajstić information content (AvgIpc) is 2.90. The van der Waals surface area contributed by atoms with Crippen LogP contribution in [0.1, 0.15) is 23.8 Å². The Kier molecular flexibility index (Phi) is 9.19. The quantitative estimate of drug-likeness (QED) is 0.423. The number of nitrogens with zero attached hydrogens (tertiary/aromatic N) is 3. The van der Waals surface area contributed by atoms with Crippen LogP contribution in [-0.2, 0) is 19.1 Å². The van der Waals surface area contributed by atoms with E-state index >= 15 is 0 Å². The zero-order valence-corrected chi connectivity index (χ0v) is 20.6. The number of aromatic nitrogens is 1. The summed E-state index contributed by atoms with van der Waals surface area (Å²) < 4.78 is 10.4. The Morgan fingerprint density at radius 3 is 2.41 bits per heavy atom. The number of nitrogens with one attached hydrogen (secondary N) is 2. The van der Waals surface area contributed by atoms with Crippen molar-refractivity contribution in [2.45, 2.75) is 19.4 Å². The smallest absolute Gasteiger partial charge is 0.409 e. The van der Waals surface area contributed by atoms with E-state index in [0.29, 0.717) is 16.7 Å².